The highest BCUT2D eigenvalue weighted by molar-refractivity contribution is 7.89. The van der Waals surface area contributed by atoms with Crippen LogP contribution in [-0.4, -0.2) is 45.6 Å². The van der Waals surface area contributed by atoms with Crippen molar-refractivity contribution in [3.8, 4) is 0 Å². The van der Waals surface area contributed by atoms with E-state index in [0.29, 0.717) is 24.5 Å². The number of piperidine rings is 1. The van der Waals surface area contributed by atoms with Gasteiger partial charge in [0.2, 0.25) is 10.0 Å². The summed E-state index contributed by atoms with van der Waals surface area (Å²) in [6.07, 6.45) is 1.69. The molecule has 1 aromatic carbocycles. The number of methoxy groups -OCH3 is 1. The van der Waals surface area contributed by atoms with Gasteiger partial charge in [0.1, 0.15) is 0 Å². The fourth-order valence-electron chi connectivity index (χ4n) is 2.54. The third kappa shape index (κ3) is 4.03. The van der Waals surface area contributed by atoms with Crippen LogP contribution in [0.25, 0.3) is 0 Å². The van der Waals surface area contributed by atoms with Gasteiger partial charge in [-0.25, -0.2) is 8.42 Å². The van der Waals surface area contributed by atoms with Gasteiger partial charge in [-0.05, 0) is 37.1 Å². The molecule has 2 rings (SSSR count). The average Bonchev–Trinajstić information content (AvgIpc) is 2.53. The second-order valence-corrected chi connectivity index (χ2v) is 7.20. The fourth-order valence-corrected chi connectivity index (χ4v) is 4.08. The van der Waals surface area contributed by atoms with Gasteiger partial charge in [0.25, 0.3) is 0 Å². The molecule has 1 aliphatic rings. The van der Waals surface area contributed by atoms with Crippen LogP contribution in [0.15, 0.2) is 29.2 Å². The van der Waals surface area contributed by atoms with Gasteiger partial charge in [0.15, 0.2) is 0 Å². The molecular weight excluding hydrogens is 288 g/mol. The zero-order chi connectivity index (χ0) is 15.3. The summed E-state index contributed by atoms with van der Waals surface area (Å²) >= 11 is 0. The first kappa shape index (κ1) is 16.4. The lowest BCUT2D eigenvalue weighted by molar-refractivity contribution is 0.0604. The van der Waals surface area contributed by atoms with Gasteiger partial charge >= 0.3 is 0 Å². The van der Waals surface area contributed by atoms with E-state index in [1.165, 1.54) is 0 Å². The van der Waals surface area contributed by atoms with Crippen LogP contribution >= 0.6 is 0 Å². The van der Waals surface area contributed by atoms with Crippen LogP contribution in [0.2, 0.25) is 0 Å². The molecule has 0 aliphatic carbocycles. The summed E-state index contributed by atoms with van der Waals surface area (Å²) in [5, 5.41) is 3.21. The molecule has 5 nitrogen and oxygen atoms in total. The zero-order valence-corrected chi connectivity index (χ0v) is 13.5. The number of ether oxygens (including phenoxy) is 1. The molecule has 0 atom stereocenters. The normalized spacial score (nSPS) is 18.0. The second kappa shape index (κ2) is 7.35. The highest BCUT2D eigenvalue weighted by Crippen LogP contribution is 2.22. The van der Waals surface area contributed by atoms with E-state index in [2.05, 4.69) is 5.32 Å². The highest BCUT2D eigenvalue weighted by Gasteiger charge is 2.29. The Labute approximate surface area is 127 Å². The van der Waals surface area contributed by atoms with E-state index in [1.807, 2.05) is 19.1 Å². The maximum atomic E-state index is 12.7. The lowest BCUT2D eigenvalue weighted by Crippen LogP contribution is -2.40. The van der Waals surface area contributed by atoms with Crippen molar-refractivity contribution in [3.63, 3.8) is 0 Å². The zero-order valence-electron chi connectivity index (χ0n) is 12.7. The minimum atomic E-state index is -3.39. The highest BCUT2D eigenvalue weighted by atomic mass is 32.2. The molecule has 1 fully saturated rings. The van der Waals surface area contributed by atoms with E-state index in [4.69, 9.17) is 4.74 Å². The van der Waals surface area contributed by atoms with E-state index in [0.717, 1.165) is 24.9 Å². The summed E-state index contributed by atoms with van der Waals surface area (Å²) in [6.45, 7) is 4.63. The molecule has 6 heteroatoms. The van der Waals surface area contributed by atoms with E-state index >= 15 is 0 Å². The summed E-state index contributed by atoms with van der Waals surface area (Å²) < 4.78 is 32.2. The maximum absolute atomic E-state index is 12.7. The summed E-state index contributed by atoms with van der Waals surface area (Å²) in [7, 11) is -1.71. The molecular formula is C15H24N2O3S. The molecule has 1 N–H and O–H groups in total. The minimum absolute atomic E-state index is 0.177. The van der Waals surface area contributed by atoms with Crippen molar-refractivity contribution in [3.05, 3.63) is 29.8 Å². The summed E-state index contributed by atoms with van der Waals surface area (Å²) in [4.78, 5) is 0.383. The molecule has 1 heterocycles. The number of hydrogen-bond acceptors (Lipinski definition) is 4. The summed E-state index contributed by atoms with van der Waals surface area (Å²) in [5.41, 5.74) is 0.990. The van der Waals surface area contributed by atoms with E-state index in [-0.39, 0.29) is 6.10 Å². The molecule has 1 saturated heterocycles. The van der Waals surface area contributed by atoms with E-state index in [9.17, 15) is 8.42 Å². The number of rotatable bonds is 6. The second-order valence-electron chi connectivity index (χ2n) is 5.27. The van der Waals surface area contributed by atoms with Crippen molar-refractivity contribution in [1.82, 2.24) is 9.62 Å². The molecule has 0 radical (unpaired) electrons. The van der Waals surface area contributed by atoms with Crippen LogP contribution in [0.3, 0.4) is 0 Å². The molecule has 0 amide bonds. The molecule has 0 spiro atoms. The fraction of sp³-hybridized carbons (Fsp3) is 0.600. The molecule has 0 saturated carbocycles. The minimum Gasteiger partial charge on any atom is -0.381 e. The van der Waals surface area contributed by atoms with Crippen LogP contribution in [0.1, 0.15) is 25.3 Å². The quantitative estimate of drug-likeness (QED) is 0.867. The Hall–Kier alpha value is -0.950. The summed E-state index contributed by atoms with van der Waals surface area (Å²) in [5.74, 6) is 0. The van der Waals surface area contributed by atoms with Crippen LogP contribution in [0, 0.1) is 0 Å². The number of nitrogens with zero attached hydrogens (tertiary/aromatic N) is 1. The van der Waals surface area contributed by atoms with Gasteiger partial charge < -0.3 is 10.1 Å². The molecule has 0 unspecified atom stereocenters. The molecule has 0 bridgehead atoms. The number of sulfonamides is 1. The first-order chi connectivity index (χ1) is 10.1. The SMILES string of the molecule is CCNCc1cccc(S(=O)(=O)N2CCC(OC)CC2)c1. The number of nitrogens with one attached hydrogen (secondary N) is 1. The van der Waals surface area contributed by atoms with Crippen molar-refractivity contribution in [2.24, 2.45) is 0 Å². The standard InChI is InChI=1S/C15H24N2O3S/c1-3-16-12-13-5-4-6-15(11-13)21(18,19)17-9-7-14(20-2)8-10-17/h4-6,11,14,16H,3,7-10,12H2,1-2H3. The average molecular weight is 312 g/mol. The third-order valence-corrected chi connectivity index (χ3v) is 5.74. The van der Waals surface area contributed by atoms with Crippen LogP contribution < -0.4 is 5.32 Å². The first-order valence-electron chi connectivity index (χ1n) is 7.40. The Kier molecular flexibility index (Phi) is 5.75. The lowest BCUT2D eigenvalue weighted by Gasteiger charge is -2.30. The molecule has 1 aromatic rings. The van der Waals surface area contributed by atoms with Gasteiger partial charge in [-0.1, -0.05) is 19.1 Å². The van der Waals surface area contributed by atoms with Crippen LogP contribution in [0.4, 0.5) is 0 Å². The van der Waals surface area contributed by atoms with Gasteiger partial charge in [0, 0.05) is 26.7 Å². The molecule has 1 aliphatic heterocycles. The van der Waals surface area contributed by atoms with Crippen molar-refractivity contribution < 1.29 is 13.2 Å². The lowest BCUT2D eigenvalue weighted by atomic mass is 10.1. The Morgan fingerprint density at radius 3 is 2.67 bits per heavy atom. The van der Waals surface area contributed by atoms with Crippen molar-refractivity contribution in [1.29, 1.82) is 0 Å². The third-order valence-electron chi connectivity index (χ3n) is 3.85. The van der Waals surface area contributed by atoms with Crippen LogP contribution in [0.5, 0.6) is 0 Å². The van der Waals surface area contributed by atoms with Crippen molar-refractivity contribution >= 4 is 10.0 Å². The first-order valence-corrected chi connectivity index (χ1v) is 8.84. The largest absolute Gasteiger partial charge is 0.381 e. The molecule has 0 aromatic heterocycles. The van der Waals surface area contributed by atoms with Crippen molar-refractivity contribution in [2.75, 3.05) is 26.7 Å². The predicted octanol–water partition coefficient (Wildman–Crippen LogP) is 1.60. The Balaban J connectivity index is 2.12. The van der Waals surface area contributed by atoms with Gasteiger partial charge in [-0.15, -0.1) is 0 Å². The van der Waals surface area contributed by atoms with E-state index < -0.39 is 10.0 Å². The number of benzene rings is 1. The molecule has 118 valence electrons. The monoisotopic (exact) mass is 312 g/mol. The van der Waals surface area contributed by atoms with Crippen LogP contribution in [-0.2, 0) is 21.3 Å². The summed E-state index contributed by atoms with van der Waals surface area (Å²) in [6, 6.07) is 7.19. The predicted molar refractivity (Wildman–Crippen MR) is 82.6 cm³/mol. The Morgan fingerprint density at radius 2 is 2.05 bits per heavy atom. The van der Waals surface area contributed by atoms with Crippen molar-refractivity contribution in [2.45, 2.75) is 37.3 Å². The van der Waals surface area contributed by atoms with Gasteiger partial charge in [-0.2, -0.15) is 4.31 Å². The van der Waals surface area contributed by atoms with Gasteiger partial charge in [-0.3, -0.25) is 0 Å². The Bertz CT molecular complexity index is 552. The van der Waals surface area contributed by atoms with Gasteiger partial charge in [0.05, 0.1) is 11.0 Å². The molecule has 21 heavy (non-hydrogen) atoms. The smallest absolute Gasteiger partial charge is 0.243 e. The maximum Gasteiger partial charge on any atom is 0.243 e. The topological polar surface area (TPSA) is 58.6 Å². The number of hydrogen-bond donors (Lipinski definition) is 1. The van der Waals surface area contributed by atoms with E-state index in [1.54, 1.807) is 23.5 Å². The Morgan fingerprint density at radius 1 is 1.33 bits per heavy atom.